The molecule has 7 rings (SSSR count). The molecule has 1 N–H and O–H groups in total. The summed E-state index contributed by atoms with van der Waals surface area (Å²) in [6, 6.07) is 25.1. The molecule has 4 aliphatic rings. The Morgan fingerprint density at radius 1 is 0.688 bits per heavy atom. The highest BCUT2D eigenvalue weighted by atomic mass is 14.9. The van der Waals surface area contributed by atoms with E-state index in [-0.39, 0.29) is 5.41 Å². The number of nitrogens with one attached hydrogen (secondary N) is 1. The van der Waals surface area contributed by atoms with Crippen LogP contribution in [0.5, 0.6) is 0 Å². The summed E-state index contributed by atoms with van der Waals surface area (Å²) in [7, 11) is 0. The molecule has 4 aliphatic carbocycles. The lowest BCUT2D eigenvalue weighted by molar-refractivity contribution is -0.141. The molecular weight excluding hydrogens is 386 g/mol. The molecule has 0 aromatic heterocycles. The van der Waals surface area contributed by atoms with Crippen LogP contribution in [0.25, 0.3) is 11.1 Å². The van der Waals surface area contributed by atoms with Gasteiger partial charge in [-0.15, -0.1) is 0 Å². The predicted molar refractivity (Wildman–Crippen MR) is 134 cm³/mol. The van der Waals surface area contributed by atoms with Crippen LogP contribution in [0.4, 0.5) is 11.4 Å². The SMILES string of the molecule is CC1(c2ccc(Nc3ccc4c(c3)-c3ccccc3C4(C)C)cc2)CC2CC3CC(C1)C32. The molecular formula is C31H33N. The number of hydrogen-bond donors (Lipinski definition) is 1. The maximum atomic E-state index is 3.68. The van der Waals surface area contributed by atoms with Crippen molar-refractivity contribution in [3.63, 3.8) is 0 Å². The summed E-state index contributed by atoms with van der Waals surface area (Å²) in [5, 5.41) is 3.68. The number of benzene rings is 3. The van der Waals surface area contributed by atoms with Crippen molar-refractivity contribution in [2.24, 2.45) is 23.7 Å². The molecule has 0 saturated heterocycles. The first-order chi connectivity index (χ1) is 15.4. The van der Waals surface area contributed by atoms with Gasteiger partial charge in [-0.25, -0.2) is 0 Å². The van der Waals surface area contributed by atoms with E-state index in [0.29, 0.717) is 5.41 Å². The van der Waals surface area contributed by atoms with Crippen molar-refractivity contribution in [3.8, 4) is 11.1 Å². The third-order valence-corrected chi connectivity index (χ3v) is 9.72. The van der Waals surface area contributed by atoms with E-state index in [0.717, 1.165) is 23.7 Å². The van der Waals surface area contributed by atoms with Gasteiger partial charge in [0.05, 0.1) is 0 Å². The van der Waals surface area contributed by atoms with Crippen molar-refractivity contribution in [2.45, 2.75) is 57.3 Å². The minimum absolute atomic E-state index is 0.0709. The fourth-order valence-electron chi connectivity index (χ4n) is 8.10. The van der Waals surface area contributed by atoms with Gasteiger partial charge in [0, 0.05) is 16.8 Å². The third-order valence-electron chi connectivity index (χ3n) is 9.72. The van der Waals surface area contributed by atoms with E-state index in [2.05, 4.69) is 92.8 Å². The van der Waals surface area contributed by atoms with Crippen molar-refractivity contribution in [3.05, 3.63) is 83.4 Å². The monoisotopic (exact) mass is 419 g/mol. The van der Waals surface area contributed by atoms with Crippen molar-refractivity contribution in [2.75, 3.05) is 5.32 Å². The summed E-state index contributed by atoms with van der Waals surface area (Å²) >= 11 is 0. The van der Waals surface area contributed by atoms with Gasteiger partial charge >= 0.3 is 0 Å². The molecule has 1 heteroatoms. The average Bonchev–Trinajstić information content (AvgIpc) is 2.98. The van der Waals surface area contributed by atoms with Crippen molar-refractivity contribution in [1.82, 2.24) is 0 Å². The molecule has 0 amide bonds. The van der Waals surface area contributed by atoms with Crippen LogP contribution in [0.3, 0.4) is 0 Å². The lowest BCUT2D eigenvalue weighted by Gasteiger charge is -2.65. The molecule has 3 aromatic rings. The Hall–Kier alpha value is -2.54. The number of rotatable bonds is 3. The second-order valence-corrected chi connectivity index (χ2v) is 11.9. The summed E-state index contributed by atoms with van der Waals surface area (Å²) in [6.45, 7) is 7.20. The second kappa shape index (κ2) is 6.28. The maximum absolute atomic E-state index is 3.68. The van der Waals surface area contributed by atoms with Crippen LogP contribution in [0.1, 0.15) is 63.1 Å². The van der Waals surface area contributed by atoms with Gasteiger partial charge in [-0.2, -0.15) is 0 Å². The van der Waals surface area contributed by atoms with Gasteiger partial charge in [0.1, 0.15) is 0 Å². The van der Waals surface area contributed by atoms with E-state index in [1.54, 1.807) is 5.56 Å². The highest BCUT2D eigenvalue weighted by Crippen LogP contribution is 2.67. The molecule has 2 unspecified atom stereocenters. The third kappa shape index (κ3) is 2.51. The number of fused-ring (bicyclic) bond motifs is 3. The molecule has 2 atom stereocenters. The smallest absolute Gasteiger partial charge is 0.0390 e. The highest BCUT2D eigenvalue weighted by Gasteiger charge is 2.59. The van der Waals surface area contributed by atoms with Gasteiger partial charge in [-0.3, -0.25) is 0 Å². The van der Waals surface area contributed by atoms with Crippen LogP contribution in [0, 0.1) is 23.7 Å². The first kappa shape index (κ1) is 19.0. The van der Waals surface area contributed by atoms with Crippen LogP contribution in [0.15, 0.2) is 66.7 Å². The molecule has 0 heterocycles. The maximum Gasteiger partial charge on any atom is 0.0390 e. The summed E-state index contributed by atoms with van der Waals surface area (Å²) in [4.78, 5) is 0. The van der Waals surface area contributed by atoms with E-state index >= 15 is 0 Å². The highest BCUT2D eigenvalue weighted by molar-refractivity contribution is 5.83. The van der Waals surface area contributed by atoms with Gasteiger partial charge in [0.2, 0.25) is 0 Å². The summed E-state index contributed by atoms with van der Waals surface area (Å²) in [5.74, 6) is 4.22. The van der Waals surface area contributed by atoms with Crippen molar-refractivity contribution < 1.29 is 0 Å². The summed E-state index contributed by atoms with van der Waals surface area (Å²) < 4.78 is 0. The van der Waals surface area contributed by atoms with Gasteiger partial charge in [0.15, 0.2) is 0 Å². The lowest BCUT2D eigenvalue weighted by atomic mass is 9.39. The second-order valence-electron chi connectivity index (χ2n) is 11.9. The minimum atomic E-state index is 0.0709. The van der Waals surface area contributed by atoms with Crippen LogP contribution in [-0.2, 0) is 10.8 Å². The van der Waals surface area contributed by atoms with E-state index < -0.39 is 0 Å². The van der Waals surface area contributed by atoms with E-state index in [1.807, 2.05) is 0 Å². The Balaban J connectivity index is 1.14. The summed E-state index contributed by atoms with van der Waals surface area (Å²) in [5.41, 5.74) is 9.96. The topological polar surface area (TPSA) is 12.0 Å². The molecule has 0 radical (unpaired) electrons. The Kier molecular flexibility index (Phi) is 3.72. The molecule has 0 spiro atoms. The molecule has 0 bridgehead atoms. The zero-order valence-corrected chi connectivity index (χ0v) is 19.5. The van der Waals surface area contributed by atoms with Crippen LogP contribution in [0.2, 0.25) is 0 Å². The van der Waals surface area contributed by atoms with E-state index in [1.165, 1.54) is 59.3 Å². The lowest BCUT2D eigenvalue weighted by Crippen LogP contribution is -2.58. The van der Waals surface area contributed by atoms with Crippen LogP contribution < -0.4 is 5.32 Å². The number of hydrogen-bond acceptors (Lipinski definition) is 1. The quantitative estimate of drug-likeness (QED) is 0.453. The first-order valence-corrected chi connectivity index (χ1v) is 12.5. The summed E-state index contributed by atoms with van der Waals surface area (Å²) in [6.07, 6.45) is 5.82. The zero-order chi connectivity index (χ0) is 21.7. The molecule has 3 saturated carbocycles. The minimum Gasteiger partial charge on any atom is -0.356 e. The van der Waals surface area contributed by atoms with Crippen LogP contribution >= 0.6 is 0 Å². The Bertz CT molecular complexity index is 1200. The van der Waals surface area contributed by atoms with E-state index in [9.17, 15) is 0 Å². The van der Waals surface area contributed by atoms with Gasteiger partial charge in [-0.05, 0) is 107 Å². The van der Waals surface area contributed by atoms with Crippen molar-refractivity contribution in [1.29, 1.82) is 0 Å². The van der Waals surface area contributed by atoms with Crippen molar-refractivity contribution >= 4 is 11.4 Å². The molecule has 32 heavy (non-hydrogen) atoms. The first-order valence-electron chi connectivity index (χ1n) is 12.5. The molecule has 0 aliphatic heterocycles. The van der Waals surface area contributed by atoms with Gasteiger partial charge in [0.25, 0.3) is 0 Å². The predicted octanol–water partition coefficient (Wildman–Crippen LogP) is 8.06. The van der Waals surface area contributed by atoms with Gasteiger partial charge < -0.3 is 5.32 Å². The van der Waals surface area contributed by atoms with E-state index in [4.69, 9.17) is 0 Å². The molecule has 3 fully saturated rings. The van der Waals surface area contributed by atoms with Crippen LogP contribution in [-0.4, -0.2) is 0 Å². The Labute approximate surface area is 192 Å². The molecule has 1 nitrogen and oxygen atoms in total. The fraction of sp³-hybridized carbons (Fsp3) is 0.419. The molecule has 162 valence electrons. The normalized spacial score (nSPS) is 32.7. The Morgan fingerprint density at radius 2 is 1.34 bits per heavy atom. The van der Waals surface area contributed by atoms with Gasteiger partial charge in [-0.1, -0.05) is 63.2 Å². The standard InChI is InChI=1S/C31H33N/c1-30(2)27-7-5-4-6-25(27)26-16-24(12-13-28(26)30)32-23-10-8-22(9-11-23)31(3)17-20-14-19-15-21(18-31)29(19)20/h4-13,16,19-21,29,32H,14-15,17-18H2,1-3H3. The Morgan fingerprint density at radius 3 is 2.06 bits per heavy atom. The average molecular weight is 420 g/mol. The largest absolute Gasteiger partial charge is 0.356 e. The molecule has 3 aromatic carbocycles. The fourth-order valence-corrected chi connectivity index (χ4v) is 8.10. The number of anilines is 2. The zero-order valence-electron chi connectivity index (χ0n) is 19.5.